The number of likely N-dealkylation sites (N-methyl/N-ethyl adjacent to an activating group) is 1. The summed E-state index contributed by atoms with van der Waals surface area (Å²) in [5.41, 5.74) is 3.77. The second kappa shape index (κ2) is 5.25. The number of hydrogen-bond donors (Lipinski definition) is 4. The molecule has 4 rings (SSSR count). The van der Waals surface area contributed by atoms with Gasteiger partial charge < -0.3 is 20.6 Å². The highest BCUT2D eigenvalue weighted by molar-refractivity contribution is 7.16. The highest BCUT2D eigenvalue weighted by Crippen LogP contribution is 2.40. The molecule has 120 valence electrons. The second-order valence-corrected chi connectivity index (χ2v) is 7.56. The molecule has 0 saturated heterocycles. The number of aryl methyl sites for hydroxylation is 1. The minimum absolute atomic E-state index is 0.0401. The molecule has 0 bridgehead atoms. The lowest BCUT2D eigenvalue weighted by Gasteiger charge is -2.27. The molecule has 6 heteroatoms. The van der Waals surface area contributed by atoms with Crippen molar-refractivity contribution in [2.75, 3.05) is 18.9 Å². The smallest absolute Gasteiger partial charge is 0.256 e. The molecule has 2 unspecified atom stereocenters. The van der Waals surface area contributed by atoms with E-state index in [1.165, 1.54) is 15.3 Å². The minimum Gasteiger partial charge on any atom is -0.508 e. The third kappa shape index (κ3) is 2.38. The lowest BCUT2D eigenvalue weighted by Crippen LogP contribution is -3.08. The summed E-state index contributed by atoms with van der Waals surface area (Å²) in [5, 5.41) is 17.5. The van der Waals surface area contributed by atoms with Crippen LogP contribution in [0.3, 0.4) is 0 Å². The van der Waals surface area contributed by atoms with Crippen LogP contribution < -0.4 is 15.5 Å². The molecule has 0 spiro atoms. The number of fused-ring (bicyclic) bond motifs is 3. The fraction of sp³-hybridized carbons (Fsp3) is 0.353. The van der Waals surface area contributed by atoms with Crippen molar-refractivity contribution in [1.29, 1.82) is 0 Å². The standard InChI is InChI=1S/C17H19N3O2S/c1-9-3-4-12(21)11(7-9)15-18-16(22)14-10-5-6-20(2)8-13(10)23-17(14)19-15/h3-4,7,15,19,21H,5-6,8H2,1-2H3,(H,18,22)/p+1. The normalized spacial score (nSPS) is 22.8. The van der Waals surface area contributed by atoms with Gasteiger partial charge in [0.25, 0.3) is 5.91 Å². The second-order valence-electron chi connectivity index (χ2n) is 6.45. The van der Waals surface area contributed by atoms with Crippen molar-refractivity contribution in [2.24, 2.45) is 0 Å². The summed E-state index contributed by atoms with van der Waals surface area (Å²) in [6, 6.07) is 5.44. The number of carbonyl (C=O) groups is 1. The van der Waals surface area contributed by atoms with Crippen molar-refractivity contribution in [2.45, 2.75) is 26.1 Å². The number of amides is 1. The lowest BCUT2D eigenvalue weighted by atomic mass is 10.00. The average Bonchev–Trinajstić information content (AvgIpc) is 2.87. The quantitative estimate of drug-likeness (QED) is 0.635. The highest BCUT2D eigenvalue weighted by atomic mass is 32.1. The molecule has 1 aromatic carbocycles. The molecule has 5 nitrogen and oxygen atoms in total. The number of nitrogens with one attached hydrogen (secondary N) is 3. The predicted molar refractivity (Wildman–Crippen MR) is 90.2 cm³/mol. The Bertz CT molecular complexity index is 799. The van der Waals surface area contributed by atoms with Crippen molar-refractivity contribution in [3.05, 3.63) is 45.3 Å². The van der Waals surface area contributed by atoms with Crippen molar-refractivity contribution in [1.82, 2.24) is 5.32 Å². The van der Waals surface area contributed by atoms with Gasteiger partial charge in [0, 0.05) is 12.0 Å². The van der Waals surface area contributed by atoms with Crippen LogP contribution in [-0.4, -0.2) is 24.6 Å². The van der Waals surface area contributed by atoms with E-state index in [4.69, 9.17) is 0 Å². The van der Waals surface area contributed by atoms with E-state index in [1.54, 1.807) is 17.4 Å². The number of carbonyl (C=O) groups excluding carboxylic acids is 1. The number of quaternary nitrogens is 1. The lowest BCUT2D eigenvalue weighted by molar-refractivity contribution is -0.895. The Morgan fingerprint density at radius 3 is 3.00 bits per heavy atom. The first kappa shape index (κ1) is 14.5. The molecule has 1 amide bonds. The van der Waals surface area contributed by atoms with Crippen LogP contribution in [0, 0.1) is 6.92 Å². The number of phenolic OH excluding ortho intramolecular Hbond substituents is 1. The molecule has 2 aromatic rings. The molecule has 0 fully saturated rings. The van der Waals surface area contributed by atoms with Crippen LogP contribution in [0.1, 0.15) is 38.1 Å². The van der Waals surface area contributed by atoms with Crippen molar-refractivity contribution >= 4 is 22.2 Å². The zero-order valence-corrected chi connectivity index (χ0v) is 14.0. The number of phenols is 1. The summed E-state index contributed by atoms with van der Waals surface area (Å²) < 4.78 is 0. The minimum atomic E-state index is -0.389. The van der Waals surface area contributed by atoms with Gasteiger partial charge in [-0.3, -0.25) is 4.79 Å². The predicted octanol–water partition coefficient (Wildman–Crippen LogP) is 1.19. The van der Waals surface area contributed by atoms with Crippen LogP contribution in [-0.2, 0) is 13.0 Å². The van der Waals surface area contributed by atoms with Gasteiger partial charge in [-0.05, 0) is 24.6 Å². The van der Waals surface area contributed by atoms with Gasteiger partial charge in [-0.1, -0.05) is 11.6 Å². The van der Waals surface area contributed by atoms with Gasteiger partial charge >= 0.3 is 0 Å². The fourth-order valence-electron chi connectivity index (χ4n) is 3.39. The number of aromatic hydroxyl groups is 1. The van der Waals surface area contributed by atoms with Gasteiger partial charge in [-0.25, -0.2) is 0 Å². The molecule has 23 heavy (non-hydrogen) atoms. The molecule has 0 radical (unpaired) electrons. The van der Waals surface area contributed by atoms with Crippen LogP contribution in [0.15, 0.2) is 18.2 Å². The maximum atomic E-state index is 12.6. The molecular formula is C17H20N3O2S+. The Morgan fingerprint density at radius 1 is 1.35 bits per heavy atom. The Balaban J connectivity index is 1.73. The topological polar surface area (TPSA) is 65.8 Å². The van der Waals surface area contributed by atoms with Crippen LogP contribution in [0.5, 0.6) is 5.75 Å². The molecule has 0 saturated carbocycles. The molecular weight excluding hydrogens is 310 g/mol. The average molecular weight is 330 g/mol. The van der Waals surface area contributed by atoms with Gasteiger partial charge in [0.15, 0.2) is 0 Å². The van der Waals surface area contributed by atoms with E-state index >= 15 is 0 Å². The number of hydrogen-bond acceptors (Lipinski definition) is 4. The first-order valence-electron chi connectivity index (χ1n) is 7.85. The monoisotopic (exact) mass is 330 g/mol. The summed E-state index contributed by atoms with van der Waals surface area (Å²) in [7, 11) is 2.18. The van der Waals surface area contributed by atoms with Crippen LogP contribution in [0.25, 0.3) is 0 Å². The van der Waals surface area contributed by atoms with Crippen LogP contribution >= 0.6 is 11.3 Å². The number of thiophene rings is 1. The summed E-state index contributed by atoms with van der Waals surface area (Å²) in [6.07, 6.45) is 0.558. The highest BCUT2D eigenvalue weighted by Gasteiger charge is 2.34. The van der Waals surface area contributed by atoms with Crippen LogP contribution in [0.2, 0.25) is 0 Å². The van der Waals surface area contributed by atoms with Gasteiger partial charge in [0.1, 0.15) is 23.5 Å². The van der Waals surface area contributed by atoms with E-state index in [0.29, 0.717) is 5.56 Å². The van der Waals surface area contributed by atoms with E-state index in [-0.39, 0.29) is 17.8 Å². The van der Waals surface area contributed by atoms with Gasteiger partial charge in [0.2, 0.25) is 0 Å². The van der Waals surface area contributed by atoms with E-state index in [2.05, 4.69) is 17.7 Å². The number of benzene rings is 1. The van der Waals surface area contributed by atoms with Gasteiger partial charge in [-0.15, -0.1) is 11.3 Å². The summed E-state index contributed by atoms with van der Waals surface area (Å²) in [6.45, 7) is 4.01. The first-order valence-corrected chi connectivity index (χ1v) is 8.67. The molecule has 2 aliphatic rings. The van der Waals surface area contributed by atoms with E-state index < -0.39 is 0 Å². The Morgan fingerprint density at radius 2 is 2.17 bits per heavy atom. The summed E-state index contributed by atoms with van der Waals surface area (Å²) in [5.74, 6) is 0.157. The van der Waals surface area contributed by atoms with Crippen LogP contribution in [0.4, 0.5) is 5.00 Å². The maximum absolute atomic E-state index is 12.6. The van der Waals surface area contributed by atoms with Crippen molar-refractivity contribution < 1.29 is 14.8 Å². The third-order valence-corrected chi connectivity index (χ3v) is 5.79. The maximum Gasteiger partial charge on any atom is 0.256 e. The Kier molecular flexibility index (Phi) is 3.32. The van der Waals surface area contributed by atoms with Crippen molar-refractivity contribution in [3.8, 4) is 5.75 Å². The fourth-order valence-corrected chi connectivity index (χ4v) is 4.78. The van der Waals surface area contributed by atoms with E-state index in [9.17, 15) is 9.90 Å². The Hall–Kier alpha value is -2.05. The molecule has 2 atom stereocenters. The molecule has 1 aromatic heterocycles. The van der Waals surface area contributed by atoms with E-state index in [0.717, 1.165) is 35.6 Å². The first-order chi connectivity index (χ1) is 11.0. The summed E-state index contributed by atoms with van der Waals surface area (Å²) >= 11 is 1.68. The molecule has 0 aliphatic carbocycles. The largest absolute Gasteiger partial charge is 0.508 e. The number of rotatable bonds is 1. The zero-order valence-electron chi connectivity index (χ0n) is 13.2. The molecule has 2 aliphatic heterocycles. The Labute approximate surface area is 138 Å². The van der Waals surface area contributed by atoms with E-state index in [1.807, 2.05) is 19.1 Å². The van der Waals surface area contributed by atoms with Crippen molar-refractivity contribution in [3.63, 3.8) is 0 Å². The third-order valence-electron chi connectivity index (χ3n) is 4.63. The van der Waals surface area contributed by atoms with Gasteiger partial charge in [0.05, 0.1) is 24.0 Å². The number of anilines is 1. The molecule has 4 N–H and O–H groups in total. The van der Waals surface area contributed by atoms with Gasteiger partial charge in [-0.2, -0.15) is 0 Å². The SMILES string of the molecule is Cc1ccc(O)c(C2NC(=O)c3c(sc4c3CC[NH+](C)C4)N2)c1. The molecule has 3 heterocycles. The zero-order chi connectivity index (χ0) is 16.1. The summed E-state index contributed by atoms with van der Waals surface area (Å²) in [4.78, 5) is 15.4.